The Balaban J connectivity index is 1.22. The molecule has 4 heterocycles. The molecule has 1 aromatic heterocycles. The highest BCUT2D eigenvalue weighted by Crippen LogP contribution is 2.45. The Labute approximate surface area is 196 Å². The van der Waals surface area contributed by atoms with Gasteiger partial charge in [-0.3, -0.25) is 4.79 Å². The number of carbonyl (C=O) groups is 1. The summed E-state index contributed by atoms with van der Waals surface area (Å²) in [4.78, 5) is 12.7. The normalized spacial score (nSPS) is 19.7. The number of hydrogen-bond donors (Lipinski definition) is 2. The van der Waals surface area contributed by atoms with Gasteiger partial charge in [-0.1, -0.05) is 12.1 Å². The number of hydrogen-bond acceptors (Lipinski definition) is 7. The number of nitrogens with one attached hydrogen (secondary N) is 2. The van der Waals surface area contributed by atoms with E-state index < -0.39 is 24.2 Å². The molecule has 182 valence electrons. The van der Waals surface area contributed by atoms with Crippen molar-refractivity contribution < 1.29 is 36.9 Å². The molecule has 6 rings (SSSR count). The molecule has 3 aliphatic rings. The fourth-order valence-corrected chi connectivity index (χ4v) is 4.36. The Morgan fingerprint density at radius 2 is 1.69 bits per heavy atom. The van der Waals surface area contributed by atoms with Crippen LogP contribution in [0.5, 0.6) is 23.0 Å². The molecule has 2 N–H and O–H groups in total. The predicted molar refractivity (Wildman–Crippen MR) is 115 cm³/mol. The molecule has 0 unspecified atom stereocenters. The Bertz CT molecular complexity index is 1310. The topological polar surface area (TPSA) is 95.9 Å². The van der Waals surface area contributed by atoms with Gasteiger partial charge in [-0.05, 0) is 35.4 Å². The van der Waals surface area contributed by atoms with Gasteiger partial charge < -0.3 is 29.6 Å². The highest BCUT2D eigenvalue weighted by molar-refractivity contribution is 5.93. The lowest BCUT2D eigenvalue weighted by Crippen LogP contribution is -2.35. The second-order valence-electron chi connectivity index (χ2n) is 8.33. The zero-order chi connectivity index (χ0) is 24.2. The first-order chi connectivity index (χ1) is 16.8. The minimum absolute atomic E-state index is 0.0690. The van der Waals surface area contributed by atoms with Crippen LogP contribution in [0, 0.1) is 0 Å². The molecular weight excluding hydrogens is 469 g/mol. The standard InChI is InChI=1S/C23H19F3N4O5/c24-23(25,26)20-7-14(13-2-4-17-19(6-13)35-11-33-17)28-21-8-15(29-30(20)21)22(31)27-9-12-1-3-16-18(5-12)34-10-32-16/h1-6,8,14,20,28H,7,9-11H2,(H,27,31)/t14-,20+/m1/s1. The van der Waals surface area contributed by atoms with Gasteiger partial charge in [-0.2, -0.15) is 18.3 Å². The van der Waals surface area contributed by atoms with Gasteiger partial charge in [-0.15, -0.1) is 0 Å². The molecule has 0 aliphatic carbocycles. The van der Waals surface area contributed by atoms with Crippen molar-refractivity contribution in [3.8, 4) is 23.0 Å². The monoisotopic (exact) mass is 488 g/mol. The minimum atomic E-state index is -4.56. The molecule has 3 aliphatic heterocycles. The maximum absolute atomic E-state index is 14.0. The molecule has 0 bridgehead atoms. The molecule has 0 saturated carbocycles. The van der Waals surface area contributed by atoms with E-state index in [0.717, 1.165) is 10.2 Å². The summed E-state index contributed by atoms with van der Waals surface area (Å²) in [6.07, 6.45) is -4.85. The first kappa shape index (κ1) is 21.4. The van der Waals surface area contributed by atoms with Crippen LogP contribution in [0.2, 0.25) is 0 Å². The van der Waals surface area contributed by atoms with Crippen LogP contribution >= 0.6 is 0 Å². The average Bonchev–Trinajstić information content (AvgIpc) is 3.59. The lowest BCUT2D eigenvalue weighted by Gasteiger charge is -2.33. The number of halogens is 3. The second kappa shape index (κ2) is 8.00. The van der Waals surface area contributed by atoms with Crippen molar-refractivity contribution in [1.82, 2.24) is 15.1 Å². The van der Waals surface area contributed by atoms with E-state index >= 15 is 0 Å². The van der Waals surface area contributed by atoms with Crippen LogP contribution in [0.3, 0.4) is 0 Å². The van der Waals surface area contributed by atoms with Crippen LogP contribution in [0.4, 0.5) is 19.0 Å². The lowest BCUT2D eigenvalue weighted by molar-refractivity contribution is -0.173. The number of nitrogens with zero attached hydrogens (tertiary/aromatic N) is 2. The van der Waals surface area contributed by atoms with Crippen molar-refractivity contribution in [3.63, 3.8) is 0 Å². The highest BCUT2D eigenvalue weighted by Gasteiger charge is 2.47. The van der Waals surface area contributed by atoms with Gasteiger partial charge in [0.2, 0.25) is 13.6 Å². The van der Waals surface area contributed by atoms with E-state index in [9.17, 15) is 18.0 Å². The third-order valence-corrected chi connectivity index (χ3v) is 6.11. The fourth-order valence-electron chi connectivity index (χ4n) is 4.36. The number of fused-ring (bicyclic) bond motifs is 3. The molecule has 3 aromatic rings. The molecule has 0 spiro atoms. The molecule has 12 heteroatoms. The van der Waals surface area contributed by atoms with Crippen molar-refractivity contribution in [2.24, 2.45) is 0 Å². The van der Waals surface area contributed by atoms with Crippen molar-refractivity contribution in [3.05, 3.63) is 59.3 Å². The number of carbonyl (C=O) groups excluding carboxylic acids is 1. The van der Waals surface area contributed by atoms with Crippen LogP contribution < -0.4 is 29.6 Å². The van der Waals surface area contributed by atoms with Crippen LogP contribution in [0.15, 0.2) is 42.5 Å². The molecule has 0 radical (unpaired) electrons. The maximum Gasteiger partial charge on any atom is 0.410 e. The van der Waals surface area contributed by atoms with E-state index in [-0.39, 0.29) is 38.1 Å². The van der Waals surface area contributed by atoms with Gasteiger partial charge >= 0.3 is 6.18 Å². The summed E-state index contributed by atoms with van der Waals surface area (Å²) in [7, 11) is 0. The molecular formula is C23H19F3N4O5. The third-order valence-electron chi connectivity index (χ3n) is 6.11. The quantitative estimate of drug-likeness (QED) is 0.575. The molecule has 2 atom stereocenters. The molecule has 9 nitrogen and oxygen atoms in total. The predicted octanol–water partition coefficient (Wildman–Crippen LogP) is 3.93. The smallest absolute Gasteiger partial charge is 0.410 e. The van der Waals surface area contributed by atoms with Gasteiger partial charge in [0, 0.05) is 19.0 Å². The number of amides is 1. The van der Waals surface area contributed by atoms with Crippen molar-refractivity contribution in [2.75, 3.05) is 18.9 Å². The Morgan fingerprint density at radius 1 is 1.00 bits per heavy atom. The first-order valence-corrected chi connectivity index (χ1v) is 10.8. The summed E-state index contributed by atoms with van der Waals surface area (Å²) in [5, 5.41) is 9.75. The van der Waals surface area contributed by atoms with E-state index in [4.69, 9.17) is 18.9 Å². The van der Waals surface area contributed by atoms with Gasteiger partial charge in [0.1, 0.15) is 5.82 Å². The molecule has 2 aromatic carbocycles. The van der Waals surface area contributed by atoms with Crippen molar-refractivity contribution in [1.29, 1.82) is 0 Å². The summed E-state index contributed by atoms with van der Waals surface area (Å²) in [6.45, 7) is 0.346. The fraction of sp³-hybridized carbons (Fsp3) is 0.304. The minimum Gasteiger partial charge on any atom is -0.454 e. The molecule has 0 fully saturated rings. The van der Waals surface area contributed by atoms with E-state index in [1.54, 1.807) is 36.4 Å². The Hall–Kier alpha value is -4.09. The number of benzene rings is 2. The van der Waals surface area contributed by atoms with Crippen LogP contribution in [0.25, 0.3) is 0 Å². The van der Waals surface area contributed by atoms with Gasteiger partial charge in [0.15, 0.2) is 34.7 Å². The summed E-state index contributed by atoms with van der Waals surface area (Å²) in [5.74, 6) is 1.73. The summed E-state index contributed by atoms with van der Waals surface area (Å²) < 4.78 is 63.9. The van der Waals surface area contributed by atoms with Gasteiger partial charge in [-0.25, -0.2) is 4.68 Å². The summed E-state index contributed by atoms with van der Waals surface area (Å²) >= 11 is 0. The zero-order valence-electron chi connectivity index (χ0n) is 18.1. The summed E-state index contributed by atoms with van der Waals surface area (Å²) in [6, 6.07) is 9.03. The molecule has 1 amide bonds. The van der Waals surface area contributed by atoms with E-state index in [1.165, 1.54) is 6.07 Å². The van der Waals surface area contributed by atoms with Crippen molar-refractivity contribution in [2.45, 2.75) is 31.2 Å². The van der Waals surface area contributed by atoms with Gasteiger partial charge in [0.25, 0.3) is 5.91 Å². The first-order valence-electron chi connectivity index (χ1n) is 10.8. The summed E-state index contributed by atoms with van der Waals surface area (Å²) in [5.41, 5.74) is 1.25. The van der Waals surface area contributed by atoms with Crippen LogP contribution in [0.1, 0.15) is 40.1 Å². The molecule has 35 heavy (non-hydrogen) atoms. The van der Waals surface area contributed by atoms with E-state index in [1.807, 2.05) is 0 Å². The number of rotatable bonds is 4. The van der Waals surface area contributed by atoms with Crippen molar-refractivity contribution >= 4 is 11.7 Å². The Morgan fingerprint density at radius 3 is 2.43 bits per heavy atom. The largest absolute Gasteiger partial charge is 0.454 e. The third kappa shape index (κ3) is 3.94. The lowest BCUT2D eigenvalue weighted by atomic mass is 9.96. The molecule has 0 saturated heterocycles. The maximum atomic E-state index is 14.0. The number of alkyl halides is 3. The highest BCUT2D eigenvalue weighted by atomic mass is 19.4. The van der Waals surface area contributed by atoms with Crippen LogP contribution in [-0.2, 0) is 6.54 Å². The number of anilines is 1. The second-order valence-corrected chi connectivity index (χ2v) is 8.33. The van der Waals surface area contributed by atoms with Gasteiger partial charge in [0.05, 0.1) is 6.04 Å². The number of ether oxygens (including phenoxy) is 4. The average molecular weight is 488 g/mol. The number of aromatic nitrogens is 2. The zero-order valence-corrected chi connectivity index (χ0v) is 18.1. The van der Waals surface area contributed by atoms with E-state index in [2.05, 4.69) is 15.7 Å². The SMILES string of the molecule is O=C(NCc1ccc2c(c1)OCO2)c1cc2n(n1)[C@H](C(F)(F)F)C[C@H](c1ccc3c(c1)OCO3)N2. The van der Waals surface area contributed by atoms with Crippen LogP contribution in [-0.4, -0.2) is 35.4 Å². The van der Waals surface area contributed by atoms with E-state index in [0.29, 0.717) is 28.6 Å². The Kier molecular flexibility index (Phi) is 4.90.